The monoisotopic (exact) mass is 510 g/mol. The van der Waals surface area contributed by atoms with Gasteiger partial charge in [-0.25, -0.2) is 19.4 Å². The summed E-state index contributed by atoms with van der Waals surface area (Å²) in [5.41, 5.74) is 0. The molecule has 8 nitrogen and oxygen atoms in total. The molecule has 0 aromatic carbocycles. The lowest BCUT2D eigenvalue weighted by Gasteiger charge is -2.28. The highest BCUT2D eigenvalue weighted by atomic mass is 17.2. The van der Waals surface area contributed by atoms with E-state index in [4.69, 9.17) is 9.47 Å². The van der Waals surface area contributed by atoms with E-state index in [0.29, 0.717) is 11.8 Å². The third kappa shape index (κ3) is 13.8. The van der Waals surface area contributed by atoms with E-state index in [1.54, 1.807) is 0 Å². The van der Waals surface area contributed by atoms with E-state index < -0.39 is 11.9 Å². The summed E-state index contributed by atoms with van der Waals surface area (Å²) >= 11 is 0. The molecular formula is C28H46O8. The van der Waals surface area contributed by atoms with Crippen LogP contribution in [-0.4, -0.2) is 36.1 Å². The van der Waals surface area contributed by atoms with Crippen LogP contribution in [-0.2, 0) is 38.4 Å². The summed E-state index contributed by atoms with van der Waals surface area (Å²) in [5.74, 6) is -0.0254. The first kappa shape index (κ1) is 30.1. The minimum absolute atomic E-state index is 0.0853. The highest BCUT2D eigenvalue weighted by molar-refractivity contribution is 5.72. The molecule has 36 heavy (non-hydrogen) atoms. The first-order chi connectivity index (χ1) is 17.3. The average molecular weight is 511 g/mol. The normalized spacial score (nSPS) is 23.9. The molecule has 0 aromatic rings. The van der Waals surface area contributed by atoms with E-state index in [1.807, 2.05) is 0 Å². The first-order valence-corrected chi connectivity index (χ1v) is 14.1. The summed E-state index contributed by atoms with van der Waals surface area (Å²) in [6.45, 7) is 2.92. The van der Waals surface area contributed by atoms with Crippen molar-refractivity contribution in [2.24, 2.45) is 11.8 Å². The van der Waals surface area contributed by atoms with Gasteiger partial charge in [-0.2, -0.15) is 0 Å². The van der Waals surface area contributed by atoms with Gasteiger partial charge < -0.3 is 9.47 Å². The average Bonchev–Trinajstić information content (AvgIpc) is 2.83. The summed E-state index contributed by atoms with van der Waals surface area (Å²) in [6, 6.07) is 0. The van der Waals surface area contributed by atoms with Crippen LogP contribution in [0.5, 0.6) is 0 Å². The van der Waals surface area contributed by atoms with E-state index in [0.717, 1.165) is 103 Å². The van der Waals surface area contributed by atoms with E-state index >= 15 is 0 Å². The zero-order valence-electron chi connectivity index (χ0n) is 22.3. The van der Waals surface area contributed by atoms with Gasteiger partial charge in [0.1, 0.15) is 12.2 Å². The van der Waals surface area contributed by atoms with Crippen molar-refractivity contribution < 1.29 is 38.4 Å². The molecular weight excluding hydrogens is 464 g/mol. The summed E-state index contributed by atoms with van der Waals surface area (Å²) in [7, 11) is 0. The quantitative estimate of drug-likeness (QED) is 0.119. The number of ether oxygens (including phenoxy) is 2. The zero-order valence-corrected chi connectivity index (χ0v) is 22.3. The molecule has 2 saturated carbocycles. The molecule has 8 heteroatoms. The molecule has 0 amide bonds. The maximum absolute atomic E-state index is 11.8. The van der Waals surface area contributed by atoms with Crippen molar-refractivity contribution in [1.29, 1.82) is 0 Å². The number of carbonyl (C=O) groups is 4. The number of esters is 2. The van der Waals surface area contributed by atoms with Crippen molar-refractivity contribution >= 4 is 23.9 Å². The highest BCUT2D eigenvalue weighted by Gasteiger charge is 2.23. The zero-order chi connectivity index (χ0) is 26.2. The van der Waals surface area contributed by atoms with Crippen LogP contribution in [0.4, 0.5) is 0 Å². The number of hydrogen-bond acceptors (Lipinski definition) is 8. The lowest BCUT2D eigenvalue weighted by atomic mass is 9.84. The third-order valence-electron chi connectivity index (χ3n) is 7.47. The fourth-order valence-electron chi connectivity index (χ4n) is 5.48. The van der Waals surface area contributed by atoms with Crippen molar-refractivity contribution in [2.45, 2.75) is 142 Å². The maximum atomic E-state index is 11.8. The van der Waals surface area contributed by atoms with E-state index in [1.165, 1.54) is 13.8 Å². The lowest BCUT2D eigenvalue weighted by molar-refractivity contribution is -0.259. The Hall–Kier alpha value is -2.12. The summed E-state index contributed by atoms with van der Waals surface area (Å²) in [5, 5.41) is 0. The van der Waals surface area contributed by atoms with Crippen LogP contribution < -0.4 is 0 Å². The first-order valence-electron chi connectivity index (χ1n) is 14.1. The van der Waals surface area contributed by atoms with Crippen molar-refractivity contribution in [3.63, 3.8) is 0 Å². The molecule has 0 aromatic heterocycles. The molecule has 2 aliphatic rings. The van der Waals surface area contributed by atoms with Gasteiger partial charge in [0.25, 0.3) is 0 Å². The molecule has 0 spiro atoms. The second-order valence-corrected chi connectivity index (χ2v) is 10.6. The molecule has 0 radical (unpaired) electrons. The van der Waals surface area contributed by atoms with Crippen LogP contribution >= 0.6 is 0 Å². The van der Waals surface area contributed by atoms with Gasteiger partial charge >= 0.3 is 23.9 Å². The predicted octanol–water partition coefficient (Wildman–Crippen LogP) is 6.13. The van der Waals surface area contributed by atoms with Crippen molar-refractivity contribution in [2.75, 3.05) is 0 Å². The second-order valence-electron chi connectivity index (χ2n) is 10.6. The van der Waals surface area contributed by atoms with Crippen molar-refractivity contribution in [1.82, 2.24) is 0 Å². The summed E-state index contributed by atoms with van der Waals surface area (Å²) in [6.07, 6.45) is 16.6. The molecule has 2 rings (SSSR count). The van der Waals surface area contributed by atoms with Crippen LogP contribution in [0.2, 0.25) is 0 Å². The van der Waals surface area contributed by atoms with Gasteiger partial charge in [-0.05, 0) is 76.0 Å². The van der Waals surface area contributed by atoms with Crippen molar-refractivity contribution in [3.8, 4) is 0 Å². The lowest BCUT2D eigenvalue weighted by Crippen LogP contribution is -2.23. The Bertz CT molecular complexity index is 617. The Morgan fingerprint density at radius 2 is 0.889 bits per heavy atom. The predicted molar refractivity (Wildman–Crippen MR) is 133 cm³/mol. The standard InChI is InChI=1S/C28H46O8/c1-21(29)33-25-17-13-23(14-18-25)9-5-3-7-11-27(31)35-36-28(32)12-8-4-6-10-24-15-19-26(20-16-24)34-22(2)30/h23-26H,3-20H2,1-2H3/t23-,24-,25-,26-. The Morgan fingerprint density at radius 3 is 1.22 bits per heavy atom. The van der Waals surface area contributed by atoms with Gasteiger partial charge in [-0.3, -0.25) is 9.59 Å². The third-order valence-corrected chi connectivity index (χ3v) is 7.47. The van der Waals surface area contributed by atoms with Gasteiger partial charge in [0.05, 0.1) is 12.8 Å². The van der Waals surface area contributed by atoms with Gasteiger partial charge in [0.15, 0.2) is 0 Å². The Kier molecular flexibility index (Phi) is 14.5. The molecule has 206 valence electrons. The number of rotatable bonds is 14. The molecule has 0 heterocycles. The molecule has 0 unspecified atom stereocenters. The van der Waals surface area contributed by atoms with Crippen LogP contribution in [0.1, 0.15) is 129 Å². The number of hydrogen-bond donors (Lipinski definition) is 0. The molecule has 2 fully saturated rings. The van der Waals surface area contributed by atoms with Crippen LogP contribution in [0.25, 0.3) is 0 Å². The molecule has 2 aliphatic carbocycles. The van der Waals surface area contributed by atoms with Crippen LogP contribution in [0, 0.1) is 11.8 Å². The number of unbranched alkanes of at least 4 members (excludes halogenated alkanes) is 4. The molecule has 0 bridgehead atoms. The van der Waals surface area contributed by atoms with Crippen LogP contribution in [0.15, 0.2) is 0 Å². The fraction of sp³-hybridized carbons (Fsp3) is 0.857. The Morgan fingerprint density at radius 1 is 0.528 bits per heavy atom. The molecule has 0 atom stereocenters. The van der Waals surface area contributed by atoms with Crippen molar-refractivity contribution in [3.05, 3.63) is 0 Å². The second kappa shape index (κ2) is 17.4. The van der Waals surface area contributed by atoms with Crippen LogP contribution in [0.3, 0.4) is 0 Å². The van der Waals surface area contributed by atoms with Gasteiger partial charge in [-0.15, -0.1) is 0 Å². The number of carbonyl (C=O) groups excluding carboxylic acids is 4. The smallest absolute Gasteiger partial charge is 0.355 e. The van der Waals surface area contributed by atoms with E-state index in [2.05, 4.69) is 9.78 Å². The minimum atomic E-state index is -0.491. The Labute approximate surface area is 216 Å². The van der Waals surface area contributed by atoms with Gasteiger partial charge in [0.2, 0.25) is 0 Å². The Balaban J connectivity index is 1.37. The SMILES string of the molecule is CC(=O)O[C@H]1CC[C@H](CCCCCC(=O)OOC(=O)CCCCC[C@H]2CC[C@H](OC(C)=O)CC2)CC1. The fourth-order valence-corrected chi connectivity index (χ4v) is 5.48. The van der Waals surface area contributed by atoms with E-state index in [-0.39, 0.29) is 37.0 Å². The topological polar surface area (TPSA) is 105 Å². The van der Waals surface area contributed by atoms with Gasteiger partial charge in [0, 0.05) is 13.8 Å². The van der Waals surface area contributed by atoms with Gasteiger partial charge in [-0.1, -0.05) is 38.5 Å². The molecule has 0 N–H and O–H groups in total. The van der Waals surface area contributed by atoms with E-state index in [9.17, 15) is 19.2 Å². The summed E-state index contributed by atoms with van der Waals surface area (Å²) in [4.78, 5) is 55.0. The minimum Gasteiger partial charge on any atom is -0.463 e. The largest absolute Gasteiger partial charge is 0.463 e. The maximum Gasteiger partial charge on any atom is 0.355 e. The summed E-state index contributed by atoms with van der Waals surface area (Å²) < 4.78 is 10.6. The highest BCUT2D eigenvalue weighted by Crippen LogP contribution is 2.31. The molecule has 0 aliphatic heterocycles. The molecule has 0 saturated heterocycles.